The molecule has 0 aromatic heterocycles. The first-order valence-electron chi connectivity index (χ1n) is 5.02. The Morgan fingerprint density at radius 1 is 1.44 bits per heavy atom. The molecule has 1 aromatic carbocycles. The quantitative estimate of drug-likeness (QED) is 0.530. The summed E-state index contributed by atoms with van der Waals surface area (Å²) in [6.45, 7) is 0.127. The first-order chi connectivity index (χ1) is 8.56. The number of aromatic carboxylic acids is 1. The molecule has 1 amide bonds. The normalized spacial score (nSPS) is 9.56. The summed E-state index contributed by atoms with van der Waals surface area (Å²) in [5, 5.41) is 13.8. The molecule has 1 rings (SSSR count). The van der Waals surface area contributed by atoms with E-state index in [4.69, 9.17) is 11.5 Å². The Labute approximate surface area is 103 Å². The number of amides is 1. The third-order valence-electron chi connectivity index (χ3n) is 2.01. The Bertz CT molecular complexity index is 509. The number of rotatable bonds is 5. The van der Waals surface area contributed by atoms with E-state index in [0.717, 1.165) is 6.07 Å². The van der Waals surface area contributed by atoms with E-state index in [2.05, 4.69) is 16.6 Å². The zero-order valence-electron chi connectivity index (χ0n) is 9.37. The van der Waals surface area contributed by atoms with Crippen LogP contribution in [0.4, 0.5) is 10.1 Å². The standard InChI is InChI=1S/C12H11FN2O3/c1-2-6-14-7-10(16)15-9-5-3-4-8(13)11(9)12(17)18/h1,3-5,14H,6-7H2,(H,15,16)(H,17,18). The zero-order valence-corrected chi connectivity index (χ0v) is 9.37. The van der Waals surface area contributed by atoms with Crippen molar-refractivity contribution in [2.75, 3.05) is 18.4 Å². The van der Waals surface area contributed by atoms with Crippen molar-refractivity contribution < 1.29 is 19.1 Å². The van der Waals surface area contributed by atoms with Crippen LogP contribution < -0.4 is 10.6 Å². The third-order valence-corrected chi connectivity index (χ3v) is 2.01. The molecule has 0 heterocycles. The van der Waals surface area contributed by atoms with Gasteiger partial charge in [0.1, 0.15) is 11.4 Å². The Morgan fingerprint density at radius 3 is 2.78 bits per heavy atom. The van der Waals surface area contributed by atoms with Crippen LogP contribution in [-0.4, -0.2) is 30.1 Å². The minimum absolute atomic E-state index is 0.0836. The van der Waals surface area contributed by atoms with E-state index in [1.807, 2.05) is 0 Å². The van der Waals surface area contributed by atoms with Crippen LogP contribution >= 0.6 is 0 Å². The number of carboxylic acid groups (broad SMARTS) is 1. The van der Waals surface area contributed by atoms with Gasteiger partial charge in [-0.15, -0.1) is 6.42 Å². The third kappa shape index (κ3) is 3.57. The molecule has 0 unspecified atom stereocenters. The lowest BCUT2D eigenvalue weighted by molar-refractivity contribution is -0.115. The van der Waals surface area contributed by atoms with Crippen LogP contribution in [0.1, 0.15) is 10.4 Å². The number of benzene rings is 1. The van der Waals surface area contributed by atoms with E-state index >= 15 is 0 Å². The predicted molar refractivity (Wildman–Crippen MR) is 63.7 cm³/mol. The molecule has 0 fully saturated rings. The zero-order chi connectivity index (χ0) is 13.5. The smallest absolute Gasteiger partial charge is 0.340 e. The van der Waals surface area contributed by atoms with Crippen molar-refractivity contribution in [3.8, 4) is 12.3 Å². The number of hydrogen-bond acceptors (Lipinski definition) is 3. The first kappa shape index (κ1) is 13.7. The van der Waals surface area contributed by atoms with Gasteiger partial charge in [-0.2, -0.15) is 0 Å². The Hall–Kier alpha value is -2.39. The average Bonchev–Trinajstić information content (AvgIpc) is 2.28. The van der Waals surface area contributed by atoms with Gasteiger partial charge < -0.3 is 10.4 Å². The van der Waals surface area contributed by atoms with Crippen molar-refractivity contribution in [1.82, 2.24) is 5.32 Å². The van der Waals surface area contributed by atoms with E-state index in [-0.39, 0.29) is 18.8 Å². The lowest BCUT2D eigenvalue weighted by Gasteiger charge is -2.09. The summed E-state index contributed by atoms with van der Waals surface area (Å²) in [5.41, 5.74) is -0.655. The van der Waals surface area contributed by atoms with Crippen LogP contribution in [0.25, 0.3) is 0 Å². The number of nitrogens with one attached hydrogen (secondary N) is 2. The monoisotopic (exact) mass is 250 g/mol. The largest absolute Gasteiger partial charge is 0.478 e. The van der Waals surface area contributed by atoms with Gasteiger partial charge in [-0.25, -0.2) is 9.18 Å². The number of terminal acetylenes is 1. The summed E-state index contributed by atoms with van der Waals surface area (Å²) in [6.07, 6.45) is 4.98. The van der Waals surface area contributed by atoms with Crippen molar-refractivity contribution in [3.63, 3.8) is 0 Å². The molecule has 0 atom stereocenters. The van der Waals surface area contributed by atoms with Crippen LogP contribution in [0.2, 0.25) is 0 Å². The number of hydrogen-bond donors (Lipinski definition) is 3. The Morgan fingerprint density at radius 2 is 2.17 bits per heavy atom. The van der Waals surface area contributed by atoms with Crippen LogP contribution in [-0.2, 0) is 4.79 Å². The highest BCUT2D eigenvalue weighted by Gasteiger charge is 2.16. The highest BCUT2D eigenvalue weighted by molar-refractivity contribution is 6.01. The van der Waals surface area contributed by atoms with Crippen LogP contribution in [0.3, 0.4) is 0 Å². The van der Waals surface area contributed by atoms with E-state index < -0.39 is 23.3 Å². The average molecular weight is 250 g/mol. The number of halogens is 1. The van der Waals surface area contributed by atoms with Gasteiger partial charge in [0.05, 0.1) is 18.8 Å². The fraction of sp³-hybridized carbons (Fsp3) is 0.167. The van der Waals surface area contributed by atoms with Crippen molar-refractivity contribution >= 4 is 17.6 Å². The second-order valence-electron chi connectivity index (χ2n) is 3.32. The molecule has 1 aromatic rings. The van der Waals surface area contributed by atoms with Crippen molar-refractivity contribution in [3.05, 3.63) is 29.6 Å². The number of carbonyl (C=O) groups excluding carboxylic acids is 1. The van der Waals surface area contributed by atoms with E-state index in [9.17, 15) is 14.0 Å². The number of anilines is 1. The summed E-state index contributed by atoms with van der Waals surface area (Å²) in [6, 6.07) is 3.63. The van der Waals surface area contributed by atoms with Gasteiger partial charge in [-0.1, -0.05) is 12.0 Å². The molecular weight excluding hydrogens is 239 g/mol. The SMILES string of the molecule is C#CCNCC(=O)Nc1cccc(F)c1C(=O)O. The molecule has 94 valence electrons. The van der Waals surface area contributed by atoms with Crippen molar-refractivity contribution in [2.24, 2.45) is 0 Å². The van der Waals surface area contributed by atoms with Gasteiger partial charge in [-0.05, 0) is 12.1 Å². The fourth-order valence-electron chi connectivity index (χ4n) is 1.29. The molecule has 0 saturated heterocycles. The minimum atomic E-state index is -1.44. The second-order valence-corrected chi connectivity index (χ2v) is 3.32. The molecule has 5 nitrogen and oxygen atoms in total. The van der Waals surface area contributed by atoms with Crippen LogP contribution in [0, 0.1) is 18.2 Å². The Balaban J connectivity index is 2.79. The van der Waals surface area contributed by atoms with Crippen LogP contribution in [0.15, 0.2) is 18.2 Å². The molecule has 6 heteroatoms. The molecule has 0 aliphatic heterocycles. The lowest BCUT2D eigenvalue weighted by Crippen LogP contribution is -2.29. The van der Waals surface area contributed by atoms with Gasteiger partial charge in [0, 0.05) is 0 Å². The van der Waals surface area contributed by atoms with Crippen molar-refractivity contribution in [1.29, 1.82) is 0 Å². The molecule has 0 radical (unpaired) electrons. The summed E-state index contributed by atoms with van der Waals surface area (Å²) in [7, 11) is 0. The maximum absolute atomic E-state index is 13.3. The van der Waals surface area contributed by atoms with Gasteiger partial charge in [-0.3, -0.25) is 10.1 Å². The topological polar surface area (TPSA) is 78.4 Å². The summed E-state index contributed by atoms with van der Waals surface area (Å²) < 4.78 is 13.3. The van der Waals surface area contributed by atoms with Gasteiger partial charge in [0.2, 0.25) is 5.91 Å². The summed E-state index contributed by atoms with van der Waals surface area (Å²) >= 11 is 0. The molecule has 3 N–H and O–H groups in total. The van der Waals surface area contributed by atoms with Gasteiger partial charge in [0.15, 0.2) is 0 Å². The molecule has 0 spiro atoms. The van der Waals surface area contributed by atoms with Crippen LogP contribution in [0.5, 0.6) is 0 Å². The molecule has 0 aliphatic carbocycles. The fourth-order valence-corrected chi connectivity index (χ4v) is 1.29. The number of carboxylic acids is 1. The maximum Gasteiger partial charge on any atom is 0.340 e. The lowest BCUT2D eigenvalue weighted by atomic mass is 10.1. The molecular formula is C12H11FN2O3. The highest BCUT2D eigenvalue weighted by atomic mass is 19.1. The van der Waals surface area contributed by atoms with Gasteiger partial charge in [0.25, 0.3) is 0 Å². The maximum atomic E-state index is 13.3. The van der Waals surface area contributed by atoms with E-state index in [0.29, 0.717) is 0 Å². The van der Waals surface area contributed by atoms with Crippen molar-refractivity contribution in [2.45, 2.75) is 0 Å². The minimum Gasteiger partial charge on any atom is -0.478 e. The molecule has 0 saturated carbocycles. The van der Waals surface area contributed by atoms with E-state index in [1.165, 1.54) is 12.1 Å². The number of carbonyl (C=O) groups is 2. The summed E-state index contributed by atoms with van der Waals surface area (Å²) in [5.74, 6) is -0.571. The molecule has 0 bridgehead atoms. The first-order valence-corrected chi connectivity index (χ1v) is 5.02. The second kappa shape index (κ2) is 6.37. The van der Waals surface area contributed by atoms with Gasteiger partial charge >= 0.3 is 5.97 Å². The molecule has 18 heavy (non-hydrogen) atoms. The summed E-state index contributed by atoms with van der Waals surface area (Å²) in [4.78, 5) is 22.3. The predicted octanol–water partition coefficient (Wildman–Crippen LogP) is 0.685. The molecule has 0 aliphatic rings. The Kier molecular flexibility index (Phi) is 4.84. The highest BCUT2D eigenvalue weighted by Crippen LogP contribution is 2.18. The van der Waals surface area contributed by atoms with E-state index in [1.54, 1.807) is 0 Å².